The number of aliphatic hydroxyl groups is 3. The number of thiazole rings is 1. The number of para-hydroxylation sites is 1. The van der Waals surface area contributed by atoms with Crippen molar-refractivity contribution in [3.63, 3.8) is 0 Å². The number of likely N-dealkylation sites (N-methyl/N-ethyl adjacent to an activating group) is 1. The largest absolute Gasteiger partial charge is 0.480 e. The van der Waals surface area contributed by atoms with E-state index in [2.05, 4.69) is 47.9 Å². The van der Waals surface area contributed by atoms with Crippen molar-refractivity contribution < 1.29 is 24.5 Å². The summed E-state index contributed by atoms with van der Waals surface area (Å²) in [5.74, 6) is 0.993. The molecule has 5 fully saturated rings. The summed E-state index contributed by atoms with van der Waals surface area (Å²) in [7, 11) is 4.30. The average molecular weight is 827 g/mol. The third-order valence-electron chi connectivity index (χ3n) is 13.2. The van der Waals surface area contributed by atoms with Crippen molar-refractivity contribution in [1.82, 2.24) is 25.0 Å². The zero-order valence-corrected chi connectivity index (χ0v) is 36.8. The van der Waals surface area contributed by atoms with Crippen LogP contribution in [0.4, 0.5) is 5.13 Å². The zero-order valence-electron chi connectivity index (χ0n) is 35.9. The number of amidine groups is 2. The minimum atomic E-state index is -0.824. The molecule has 9 rings (SSSR count). The number of fused-ring (bicyclic) bond motifs is 1. The van der Waals surface area contributed by atoms with Crippen molar-refractivity contribution in [1.29, 1.82) is 5.41 Å². The molecule has 2 aromatic heterocycles. The molecule has 2 aliphatic heterocycles. The third kappa shape index (κ3) is 8.59. The first kappa shape index (κ1) is 42.6. The highest BCUT2D eigenvalue weighted by Gasteiger charge is 2.62. The number of dihydropyridines is 1. The monoisotopic (exact) mass is 826 g/mol. The quantitative estimate of drug-likeness (QED) is 0.0460. The summed E-state index contributed by atoms with van der Waals surface area (Å²) in [5.41, 5.74) is 11.7. The fourth-order valence-corrected chi connectivity index (χ4v) is 12.0. The highest BCUT2D eigenvalue weighted by molar-refractivity contribution is 7.22. The molecule has 0 radical (unpaired) electrons. The van der Waals surface area contributed by atoms with Crippen molar-refractivity contribution in [2.75, 3.05) is 46.9 Å². The lowest BCUT2D eigenvalue weighted by Gasteiger charge is -2.65. The molecule has 4 saturated carbocycles. The summed E-state index contributed by atoms with van der Waals surface area (Å²) in [6, 6.07) is 7.87. The number of aliphatic imine (C=N–C) groups is 1. The minimum Gasteiger partial charge on any atom is -0.480 e. The Balaban J connectivity index is 0.00000260. The van der Waals surface area contributed by atoms with Crippen LogP contribution < -0.4 is 11.1 Å². The molecule has 59 heavy (non-hydrogen) atoms. The Morgan fingerprint density at radius 2 is 1.90 bits per heavy atom. The van der Waals surface area contributed by atoms with E-state index < -0.39 is 5.95 Å². The van der Waals surface area contributed by atoms with Crippen molar-refractivity contribution in [2.24, 2.45) is 27.5 Å². The summed E-state index contributed by atoms with van der Waals surface area (Å²) in [6.07, 6.45) is 13.9. The number of hydrogen-bond donors (Lipinski definition) is 6. The van der Waals surface area contributed by atoms with Crippen LogP contribution in [0.2, 0.25) is 0 Å². The van der Waals surface area contributed by atoms with E-state index in [0.29, 0.717) is 54.4 Å². The van der Waals surface area contributed by atoms with Gasteiger partial charge >= 0.3 is 0 Å². The predicted molar refractivity (Wildman–Crippen MR) is 236 cm³/mol. The van der Waals surface area contributed by atoms with Gasteiger partial charge in [0.25, 0.3) is 5.95 Å². The van der Waals surface area contributed by atoms with Crippen LogP contribution in [0.5, 0.6) is 0 Å². The van der Waals surface area contributed by atoms with E-state index in [0.717, 1.165) is 82.3 Å². The Labute approximate surface area is 352 Å². The lowest BCUT2D eigenvalue weighted by Crippen LogP contribution is -2.61. The molecule has 7 N–H and O–H groups in total. The first-order valence-corrected chi connectivity index (χ1v) is 22.1. The van der Waals surface area contributed by atoms with E-state index >= 15 is 0 Å². The Morgan fingerprint density at radius 1 is 1.12 bits per heavy atom. The number of aromatic nitrogens is 3. The SMILES string of the molecule is CC.CC(=C1\CCCN(C2=CC=C(c3cnn(CC45CC6CC(OCC[N+](C)(C)CCO)(C4)C[C@@](C)(C6)C5)c3C)C(=C(O)O)N2)C1=N)/C(N)=N\c1nc2ccccc2s1. The number of benzene rings is 1. The number of nitrogens with two attached hydrogens (primary N) is 1. The molecular formula is C45H64N9O4S+. The van der Waals surface area contributed by atoms with E-state index in [-0.39, 0.29) is 34.6 Å². The molecule has 14 heteroatoms. The maximum absolute atomic E-state index is 10.6. The summed E-state index contributed by atoms with van der Waals surface area (Å²) in [4.78, 5) is 11.1. The van der Waals surface area contributed by atoms with E-state index in [1.807, 2.05) is 68.3 Å². The summed E-state index contributed by atoms with van der Waals surface area (Å²) >= 11 is 1.47. The van der Waals surface area contributed by atoms with Crippen molar-refractivity contribution in [2.45, 2.75) is 98.1 Å². The molecule has 4 atom stereocenters. The molecule has 6 aliphatic rings. The number of piperidine rings is 1. The van der Waals surface area contributed by atoms with Crippen molar-refractivity contribution in [3.05, 3.63) is 82.5 Å². The Hall–Kier alpha value is -4.50. The minimum absolute atomic E-state index is 0.0716. The molecule has 1 aromatic carbocycles. The number of quaternary nitrogens is 1. The van der Waals surface area contributed by atoms with Crippen LogP contribution in [0.3, 0.4) is 0 Å². The molecule has 318 valence electrons. The van der Waals surface area contributed by atoms with Gasteiger partial charge in [0.1, 0.15) is 36.3 Å². The van der Waals surface area contributed by atoms with Gasteiger partial charge in [-0.2, -0.15) is 5.10 Å². The molecular weight excluding hydrogens is 763 g/mol. The van der Waals surface area contributed by atoms with Crippen LogP contribution in [-0.2, 0) is 11.3 Å². The highest BCUT2D eigenvalue weighted by atomic mass is 32.1. The van der Waals surface area contributed by atoms with Crippen molar-refractivity contribution in [3.8, 4) is 0 Å². The lowest BCUT2D eigenvalue weighted by molar-refractivity contribution is -0.891. The van der Waals surface area contributed by atoms with Crippen LogP contribution in [0.15, 0.2) is 76.2 Å². The van der Waals surface area contributed by atoms with E-state index in [4.69, 9.17) is 15.6 Å². The van der Waals surface area contributed by atoms with Gasteiger partial charge in [-0.25, -0.2) is 9.98 Å². The number of aliphatic hydroxyl groups excluding tert-OH is 2. The average Bonchev–Trinajstić information content (AvgIpc) is 3.75. The topological polar surface area (TPSA) is 178 Å². The summed E-state index contributed by atoms with van der Waals surface area (Å²) < 4.78 is 10.8. The number of nitrogens with one attached hydrogen (secondary N) is 2. The molecule has 3 aromatic rings. The molecule has 4 bridgehead atoms. The van der Waals surface area contributed by atoms with Gasteiger partial charge in [-0.1, -0.05) is 44.2 Å². The van der Waals surface area contributed by atoms with E-state index in [1.54, 1.807) is 0 Å². The van der Waals surface area contributed by atoms with Crippen LogP contribution in [0.1, 0.15) is 90.3 Å². The van der Waals surface area contributed by atoms with Gasteiger partial charge in [-0.05, 0) is 112 Å². The second kappa shape index (κ2) is 16.5. The summed E-state index contributed by atoms with van der Waals surface area (Å²) in [6.45, 7) is 14.2. The lowest BCUT2D eigenvalue weighted by atomic mass is 9.43. The number of ether oxygens (including phenoxy) is 1. The molecule has 0 amide bonds. The molecule has 4 aliphatic carbocycles. The number of rotatable bonds is 12. The van der Waals surface area contributed by atoms with Gasteiger partial charge in [-0.15, -0.1) is 0 Å². The molecule has 1 saturated heterocycles. The molecule has 0 spiro atoms. The standard InChI is InChI=1S/C43H57N9O4S.C2H6/c1-27(37(44)49-40-47-33-10-6-7-11-34(33)57-40)30-9-8-14-50(38(30)45)35-13-12-31(36(48-35)39(54)55)32-22-46-51(28(32)2)26-42-20-29-19-41(3,23-42)24-43(21-29,25-42)56-18-16-52(4,5)15-17-53;1-2/h6-7,10-13,22,29,53H,8-9,14-21,23-26H2,1-5H3,(H5-,44,45,47,48,49,54,55);1-2H3/p+1/t29?,41-,42?,43?;/m0./s1. The maximum Gasteiger partial charge on any atom is 0.299 e. The molecule has 13 nitrogen and oxygen atoms in total. The zero-order chi connectivity index (χ0) is 42.3. The smallest absolute Gasteiger partial charge is 0.299 e. The molecule has 4 heterocycles. The van der Waals surface area contributed by atoms with Crippen LogP contribution in [-0.4, -0.2) is 104 Å². The Kier molecular flexibility index (Phi) is 11.9. The van der Waals surface area contributed by atoms with E-state index in [9.17, 15) is 20.7 Å². The Morgan fingerprint density at radius 3 is 2.63 bits per heavy atom. The third-order valence-corrected chi connectivity index (χ3v) is 14.2. The normalized spacial score (nSPS) is 27.6. The van der Waals surface area contributed by atoms with Crippen molar-refractivity contribution >= 4 is 43.9 Å². The fraction of sp³-hybridized carbons (Fsp3) is 0.556. The first-order chi connectivity index (χ1) is 28.1. The van der Waals surface area contributed by atoms with Gasteiger partial charge in [0, 0.05) is 35.5 Å². The van der Waals surface area contributed by atoms with Gasteiger partial charge in [-0.3, -0.25) is 10.1 Å². The fourth-order valence-electron chi connectivity index (χ4n) is 11.2. The maximum atomic E-state index is 10.6. The van der Waals surface area contributed by atoms with E-state index in [1.165, 1.54) is 24.2 Å². The Bertz CT molecular complexity index is 2210. The number of allylic oxidation sites excluding steroid dienone is 3. The van der Waals surface area contributed by atoms with Crippen LogP contribution in [0, 0.1) is 29.1 Å². The number of hydrogen-bond acceptors (Lipinski definition) is 10. The highest BCUT2D eigenvalue weighted by Crippen LogP contribution is 2.68. The van der Waals surface area contributed by atoms with Crippen LogP contribution in [0.25, 0.3) is 15.8 Å². The second-order valence-electron chi connectivity index (χ2n) is 18.4. The number of likely N-dealkylation sites (tertiary alicyclic amines) is 1. The summed E-state index contributed by atoms with van der Waals surface area (Å²) in [5, 5.41) is 48.8. The number of nitrogens with zero attached hydrogens (tertiary/aromatic N) is 6. The predicted octanol–water partition coefficient (Wildman–Crippen LogP) is 7.83. The second-order valence-corrected chi connectivity index (χ2v) is 19.4. The van der Waals surface area contributed by atoms with Gasteiger partial charge < -0.3 is 40.5 Å². The molecule has 3 unspecified atom stereocenters. The van der Waals surface area contributed by atoms with Gasteiger partial charge in [0.05, 0.1) is 49.3 Å². The van der Waals surface area contributed by atoms with Gasteiger partial charge in [0.2, 0.25) is 5.13 Å². The first-order valence-electron chi connectivity index (χ1n) is 21.3. The van der Waals surface area contributed by atoms with Gasteiger partial charge in [0.15, 0.2) is 0 Å². The van der Waals surface area contributed by atoms with Crippen LogP contribution >= 0.6 is 11.3 Å².